The van der Waals surface area contributed by atoms with Crippen molar-refractivity contribution in [3.05, 3.63) is 0 Å². The van der Waals surface area contributed by atoms with Crippen LogP contribution < -0.4 is 0 Å². The second-order valence-electron chi connectivity index (χ2n) is 4.50. The van der Waals surface area contributed by atoms with Gasteiger partial charge in [-0.3, -0.25) is 0 Å². The zero-order chi connectivity index (χ0) is 10.3. The van der Waals surface area contributed by atoms with E-state index in [4.69, 9.17) is 4.74 Å². The van der Waals surface area contributed by atoms with E-state index in [1.54, 1.807) is 0 Å². The highest BCUT2D eigenvalue weighted by atomic mass is 16.5. The molecule has 1 aliphatic rings. The topological polar surface area (TPSA) is 9.23 Å². The van der Waals surface area contributed by atoms with Gasteiger partial charge < -0.3 is 9.22 Å². The summed E-state index contributed by atoms with van der Waals surface area (Å²) in [6.45, 7) is 11.7. The molecule has 1 heterocycles. The number of ether oxygens (including phenoxy) is 1. The largest absolute Gasteiger partial charge is 0.376 e. The average molecular weight is 200 g/mol. The lowest BCUT2D eigenvalue weighted by Crippen LogP contribution is -2.53. The maximum atomic E-state index is 5.60. The molecule has 0 bridgehead atoms. The van der Waals surface area contributed by atoms with Crippen LogP contribution in [0.5, 0.6) is 0 Å². The van der Waals surface area contributed by atoms with Crippen LogP contribution in [0.1, 0.15) is 39.5 Å². The Labute approximate surface area is 88.8 Å². The van der Waals surface area contributed by atoms with Crippen LogP contribution in [-0.2, 0) is 4.74 Å². The molecule has 0 spiro atoms. The summed E-state index contributed by atoms with van der Waals surface area (Å²) in [6, 6.07) is 0. The second-order valence-corrected chi connectivity index (χ2v) is 4.50. The van der Waals surface area contributed by atoms with Gasteiger partial charge in [0.25, 0.3) is 0 Å². The summed E-state index contributed by atoms with van der Waals surface area (Å²) < 4.78 is 6.91. The van der Waals surface area contributed by atoms with Gasteiger partial charge in [0.2, 0.25) is 0 Å². The van der Waals surface area contributed by atoms with Gasteiger partial charge in [0.1, 0.15) is 6.54 Å². The second kappa shape index (κ2) is 6.41. The lowest BCUT2D eigenvalue weighted by molar-refractivity contribution is -0.931. The molecule has 0 aromatic rings. The third kappa shape index (κ3) is 3.58. The molecule has 2 nitrogen and oxygen atoms in total. The summed E-state index contributed by atoms with van der Waals surface area (Å²) in [6.07, 6.45) is 5.42. The van der Waals surface area contributed by atoms with Crippen LogP contribution in [0.15, 0.2) is 0 Å². The fourth-order valence-corrected chi connectivity index (χ4v) is 2.39. The number of nitrogens with zero attached hydrogens (tertiary/aromatic N) is 1. The Kier molecular flexibility index (Phi) is 5.49. The molecule has 0 aliphatic carbocycles. The van der Waals surface area contributed by atoms with E-state index in [0.29, 0.717) is 0 Å². The summed E-state index contributed by atoms with van der Waals surface area (Å²) in [5.41, 5.74) is 0. The molecule has 1 fully saturated rings. The molecule has 0 aromatic carbocycles. The van der Waals surface area contributed by atoms with E-state index in [0.717, 1.165) is 19.6 Å². The van der Waals surface area contributed by atoms with E-state index in [9.17, 15) is 0 Å². The Balaban J connectivity index is 2.22. The molecule has 1 saturated heterocycles. The first-order valence-electron chi connectivity index (χ1n) is 6.26. The number of rotatable bonds is 6. The van der Waals surface area contributed by atoms with Gasteiger partial charge in [-0.2, -0.15) is 0 Å². The molecule has 0 aromatic heterocycles. The molecular formula is C12H26NO+. The Morgan fingerprint density at radius 3 is 2.29 bits per heavy atom. The van der Waals surface area contributed by atoms with Crippen LogP contribution in [0.2, 0.25) is 0 Å². The molecule has 0 saturated carbocycles. The number of hydrogen-bond acceptors (Lipinski definition) is 1. The third-order valence-electron chi connectivity index (χ3n) is 3.49. The highest BCUT2D eigenvalue weighted by molar-refractivity contribution is 4.53. The van der Waals surface area contributed by atoms with Crippen LogP contribution in [0.25, 0.3) is 0 Å². The van der Waals surface area contributed by atoms with Crippen molar-refractivity contribution in [3.8, 4) is 0 Å². The molecule has 0 N–H and O–H groups in total. The molecular weight excluding hydrogens is 174 g/mol. The van der Waals surface area contributed by atoms with Crippen molar-refractivity contribution < 1.29 is 9.22 Å². The predicted octanol–water partition coefficient (Wildman–Crippen LogP) is 2.43. The lowest BCUT2D eigenvalue weighted by atomic mass is 10.1. The van der Waals surface area contributed by atoms with Crippen molar-refractivity contribution in [3.63, 3.8) is 0 Å². The van der Waals surface area contributed by atoms with Crippen LogP contribution in [0.4, 0.5) is 0 Å². The van der Waals surface area contributed by atoms with Crippen molar-refractivity contribution in [2.75, 3.05) is 39.4 Å². The normalized spacial score (nSPS) is 21.0. The molecule has 1 rings (SSSR count). The SMILES string of the molecule is CCCOCC[N+]1(CC)CCCCC1. The zero-order valence-electron chi connectivity index (χ0n) is 9.93. The van der Waals surface area contributed by atoms with Crippen molar-refractivity contribution in [1.82, 2.24) is 0 Å². The quantitative estimate of drug-likeness (QED) is 0.473. The van der Waals surface area contributed by atoms with E-state index < -0.39 is 0 Å². The zero-order valence-corrected chi connectivity index (χ0v) is 9.93. The molecule has 1 aliphatic heterocycles. The van der Waals surface area contributed by atoms with E-state index in [1.807, 2.05) is 0 Å². The first-order valence-corrected chi connectivity index (χ1v) is 6.26. The molecule has 0 amide bonds. The number of piperidine rings is 1. The van der Waals surface area contributed by atoms with Crippen LogP contribution in [0, 0.1) is 0 Å². The van der Waals surface area contributed by atoms with Gasteiger partial charge in [-0.15, -0.1) is 0 Å². The molecule has 0 radical (unpaired) electrons. The smallest absolute Gasteiger partial charge is 0.102 e. The first-order chi connectivity index (χ1) is 6.83. The van der Waals surface area contributed by atoms with Crippen molar-refractivity contribution in [2.24, 2.45) is 0 Å². The van der Waals surface area contributed by atoms with E-state index in [-0.39, 0.29) is 0 Å². The van der Waals surface area contributed by atoms with Crippen LogP contribution in [-0.4, -0.2) is 43.9 Å². The summed E-state index contributed by atoms with van der Waals surface area (Å²) in [5, 5.41) is 0. The van der Waals surface area contributed by atoms with Gasteiger partial charge in [0, 0.05) is 6.61 Å². The predicted molar refractivity (Wildman–Crippen MR) is 60.4 cm³/mol. The maximum Gasteiger partial charge on any atom is 0.102 e. The standard InChI is InChI=1S/C12H26NO/c1-3-11-14-12-10-13(4-2)8-6-5-7-9-13/h3-12H2,1-2H3/q+1. The van der Waals surface area contributed by atoms with Gasteiger partial charge in [-0.05, 0) is 32.6 Å². The summed E-state index contributed by atoms with van der Waals surface area (Å²) in [4.78, 5) is 0. The van der Waals surface area contributed by atoms with E-state index in [1.165, 1.54) is 49.9 Å². The lowest BCUT2D eigenvalue weighted by Gasteiger charge is -2.40. The number of likely N-dealkylation sites (N-methyl/N-ethyl adjacent to an activating group) is 1. The Morgan fingerprint density at radius 1 is 1.00 bits per heavy atom. The van der Waals surface area contributed by atoms with Gasteiger partial charge in [0.15, 0.2) is 0 Å². The molecule has 2 heteroatoms. The summed E-state index contributed by atoms with van der Waals surface area (Å²) >= 11 is 0. The van der Waals surface area contributed by atoms with Gasteiger partial charge >= 0.3 is 0 Å². The Hall–Kier alpha value is -0.0800. The average Bonchev–Trinajstić information content (AvgIpc) is 2.26. The van der Waals surface area contributed by atoms with E-state index in [2.05, 4.69) is 13.8 Å². The molecule has 0 unspecified atom stereocenters. The molecule has 0 atom stereocenters. The summed E-state index contributed by atoms with van der Waals surface area (Å²) in [5.74, 6) is 0. The maximum absolute atomic E-state index is 5.60. The number of quaternary nitrogens is 1. The van der Waals surface area contributed by atoms with Crippen LogP contribution >= 0.6 is 0 Å². The fraction of sp³-hybridized carbons (Fsp3) is 1.00. The van der Waals surface area contributed by atoms with Crippen molar-refractivity contribution in [1.29, 1.82) is 0 Å². The molecule has 14 heavy (non-hydrogen) atoms. The highest BCUT2D eigenvalue weighted by Gasteiger charge is 2.27. The highest BCUT2D eigenvalue weighted by Crippen LogP contribution is 2.18. The molecule has 84 valence electrons. The van der Waals surface area contributed by atoms with E-state index >= 15 is 0 Å². The number of hydrogen-bond donors (Lipinski definition) is 0. The minimum absolute atomic E-state index is 0.934. The minimum atomic E-state index is 0.934. The van der Waals surface area contributed by atoms with Gasteiger partial charge in [0.05, 0.1) is 26.2 Å². The number of likely N-dealkylation sites (tertiary alicyclic amines) is 1. The monoisotopic (exact) mass is 200 g/mol. The Bertz CT molecular complexity index is 141. The van der Waals surface area contributed by atoms with Crippen LogP contribution in [0.3, 0.4) is 0 Å². The fourth-order valence-electron chi connectivity index (χ4n) is 2.39. The van der Waals surface area contributed by atoms with Crippen molar-refractivity contribution in [2.45, 2.75) is 39.5 Å². The van der Waals surface area contributed by atoms with Gasteiger partial charge in [-0.25, -0.2) is 0 Å². The minimum Gasteiger partial charge on any atom is -0.376 e. The summed E-state index contributed by atoms with van der Waals surface area (Å²) in [7, 11) is 0. The van der Waals surface area contributed by atoms with Gasteiger partial charge in [-0.1, -0.05) is 6.92 Å². The van der Waals surface area contributed by atoms with Crippen molar-refractivity contribution >= 4 is 0 Å². The first kappa shape index (κ1) is 12.0. The third-order valence-corrected chi connectivity index (χ3v) is 3.49. The Morgan fingerprint density at radius 2 is 1.71 bits per heavy atom.